The quantitative estimate of drug-likeness (QED) is 0.283. The standard InChI is InChI=1S/H3O4P.4Pd/c1-5(2,3)4;;;;/h(H3,1,2,3,4);;;;. The molecular weight excluding hydrogens is 521 g/mol. The van der Waals surface area contributed by atoms with E-state index in [4.69, 9.17) is 19.2 Å². The van der Waals surface area contributed by atoms with Gasteiger partial charge >= 0.3 is 7.82 Å². The molecule has 0 aliphatic heterocycles. The molecule has 0 fully saturated rings. The van der Waals surface area contributed by atoms with Crippen LogP contribution in [0.3, 0.4) is 0 Å². The molecule has 0 aromatic carbocycles. The van der Waals surface area contributed by atoms with E-state index in [1.807, 2.05) is 0 Å². The first-order valence-electron chi connectivity index (χ1n) is 0.783. The van der Waals surface area contributed by atoms with Crippen LogP contribution in [0.15, 0.2) is 0 Å². The van der Waals surface area contributed by atoms with Crippen LogP contribution in [0.5, 0.6) is 0 Å². The Labute approximate surface area is 107 Å². The molecule has 0 amide bonds. The van der Waals surface area contributed by atoms with Crippen molar-refractivity contribution >= 4 is 7.82 Å². The molecule has 4 nitrogen and oxygen atoms in total. The molecule has 0 saturated heterocycles. The first kappa shape index (κ1) is 29.8. The molecule has 0 heterocycles. The molecule has 0 rings (SSSR count). The molecule has 3 N–H and O–H groups in total. The van der Waals surface area contributed by atoms with E-state index < -0.39 is 7.82 Å². The Morgan fingerprint density at radius 3 is 0.778 bits per heavy atom. The Kier molecular flexibility index (Phi) is 44.2. The Morgan fingerprint density at radius 2 is 0.778 bits per heavy atom. The van der Waals surface area contributed by atoms with Crippen molar-refractivity contribution in [1.29, 1.82) is 0 Å². The number of rotatable bonds is 0. The van der Waals surface area contributed by atoms with Crippen molar-refractivity contribution in [2.45, 2.75) is 0 Å². The summed E-state index contributed by atoms with van der Waals surface area (Å²) in [6, 6.07) is 0. The van der Waals surface area contributed by atoms with Gasteiger partial charge in [-0.05, 0) is 0 Å². The van der Waals surface area contributed by atoms with E-state index in [1.54, 1.807) is 0 Å². The van der Waals surface area contributed by atoms with Crippen LogP contribution < -0.4 is 0 Å². The third-order valence-electron chi connectivity index (χ3n) is 0. The van der Waals surface area contributed by atoms with Gasteiger partial charge in [-0.1, -0.05) is 0 Å². The van der Waals surface area contributed by atoms with Crippen LogP contribution >= 0.6 is 7.82 Å². The molecule has 0 bridgehead atoms. The zero-order valence-electron chi connectivity index (χ0n) is 3.46. The summed E-state index contributed by atoms with van der Waals surface area (Å²) in [7, 11) is -4.64. The smallest absolute Gasteiger partial charge is 0.303 e. The van der Waals surface area contributed by atoms with E-state index in [2.05, 4.69) is 0 Å². The zero-order valence-corrected chi connectivity index (χ0v) is 10.6. The van der Waals surface area contributed by atoms with Crippen LogP contribution in [-0.4, -0.2) is 14.7 Å². The molecule has 0 saturated carbocycles. The normalized spacial score (nSPS) is 6.56. The van der Waals surface area contributed by atoms with Gasteiger partial charge in [0.15, 0.2) is 0 Å². The van der Waals surface area contributed by atoms with Gasteiger partial charge in [-0.2, -0.15) is 0 Å². The van der Waals surface area contributed by atoms with Crippen molar-refractivity contribution in [3.05, 3.63) is 0 Å². The maximum absolute atomic E-state index is 8.88. The second kappa shape index (κ2) is 13.4. The van der Waals surface area contributed by atoms with Gasteiger partial charge in [-0.25, -0.2) is 4.57 Å². The van der Waals surface area contributed by atoms with Gasteiger partial charge < -0.3 is 14.7 Å². The topological polar surface area (TPSA) is 77.8 Å². The summed E-state index contributed by atoms with van der Waals surface area (Å²) in [5.74, 6) is 0. The van der Waals surface area contributed by atoms with Gasteiger partial charge in [0.25, 0.3) is 0 Å². The van der Waals surface area contributed by atoms with Crippen LogP contribution in [0, 0.1) is 0 Å². The summed E-state index contributed by atoms with van der Waals surface area (Å²) in [5.41, 5.74) is 0. The molecule has 72 valence electrons. The van der Waals surface area contributed by atoms with E-state index in [9.17, 15) is 0 Å². The van der Waals surface area contributed by atoms with Gasteiger partial charge in [0.2, 0.25) is 0 Å². The molecule has 0 aliphatic carbocycles. The molecule has 0 aliphatic rings. The van der Waals surface area contributed by atoms with Crippen molar-refractivity contribution in [3.63, 3.8) is 0 Å². The molecule has 9 heavy (non-hydrogen) atoms. The zero-order chi connectivity index (χ0) is 4.50. The largest absolute Gasteiger partial charge is 0.466 e. The summed E-state index contributed by atoms with van der Waals surface area (Å²) in [5, 5.41) is 0. The van der Waals surface area contributed by atoms with E-state index in [-0.39, 0.29) is 81.7 Å². The van der Waals surface area contributed by atoms with E-state index >= 15 is 0 Å². The van der Waals surface area contributed by atoms with Crippen molar-refractivity contribution < 1.29 is 101 Å². The average molecular weight is 524 g/mol. The fourth-order valence-corrected chi connectivity index (χ4v) is 0. The van der Waals surface area contributed by atoms with Gasteiger partial charge in [-0.15, -0.1) is 0 Å². The molecule has 0 aromatic heterocycles. The van der Waals surface area contributed by atoms with Crippen LogP contribution in [0.25, 0.3) is 0 Å². The minimum atomic E-state index is -4.64. The monoisotopic (exact) mass is 522 g/mol. The Balaban J connectivity index is -0.0000000133. The number of hydrogen-bond donors (Lipinski definition) is 3. The van der Waals surface area contributed by atoms with Crippen LogP contribution in [0.2, 0.25) is 0 Å². The van der Waals surface area contributed by atoms with Gasteiger partial charge in [-0.3, -0.25) is 0 Å². The van der Waals surface area contributed by atoms with Crippen molar-refractivity contribution in [1.82, 2.24) is 0 Å². The second-order valence-electron chi connectivity index (χ2n) is 0.513. The SMILES string of the molecule is O=P(O)(O)O.[Pd].[Pd].[Pd].[Pd]. The fourth-order valence-electron chi connectivity index (χ4n) is 0. The van der Waals surface area contributed by atoms with Crippen LogP contribution in [-0.2, 0) is 86.3 Å². The minimum absolute atomic E-state index is 0. The summed E-state index contributed by atoms with van der Waals surface area (Å²) in [4.78, 5) is 21.6. The van der Waals surface area contributed by atoms with E-state index in [0.717, 1.165) is 0 Å². The molecule has 0 spiro atoms. The maximum Gasteiger partial charge on any atom is 0.466 e. The molecule has 0 radical (unpaired) electrons. The molecule has 0 aromatic rings. The Bertz CT molecular complexity index is 58.7. The Morgan fingerprint density at radius 1 is 0.778 bits per heavy atom. The molecule has 9 heteroatoms. The van der Waals surface area contributed by atoms with E-state index in [1.165, 1.54) is 0 Å². The fraction of sp³-hybridized carbons (Fsp3) is 0. The van der Waals surface area contributed by atoms with Gasteiger partial charge in [0, 0.05) is 81.7 Å². The third kappa shape index (κ3) is 108. The maximum atomic E-state index is 8.88. The van der Waals surface area contributed by atoms with Crippen molar-refractivity contribution in [2.24, 2.45) is 0 Å². The predicted octanol–water partition coefficient (Wildman–Crippen LogP) is -0.939. The van der Waals surface area contributed by atoms with Gasteiger partial charge in [0.1, 0.15) is 0 Å². The first-order chi connectivity index (χ1) is 2.00. The van der Waals surface area contributed by atoms with Crippen molar-refractivity contribution in [2.75, 3.05) is 0 Å². The van der Waals surface area contributed by atoms with Crippen LogP contribution in [0.4, 0.5) is 0 Å². The number of phosphoric acid groups is 1. The minimum Gasteiger partial charge on any atom is -0.303 e. The molecule has 0 unspecified atom stereocenters. The van der Waals surface area contributed by atoms with Gasteiger partial charge in [0.05, 0.1) is 0 Å². The third-order valence-corrected chi connectivity index (χ3v) is 0. The predicted molar refractivity (Wildman–Crippen MR) is 14.3 cm³/mol. The summed E-state index contributed by atoms with van der Waals surface area (Å²) >= 11 is 0. The van der Waals surface area contributed by atoms with E-state index in [0.29, 0.717) is 0 Å². The second-order valence-corrected chi connectivity index (χ2v) is 1.54. The van der Waals surface area contributed by atoms with Crippen molar-refractivity contribution in [3.8, 4) is 0 Å². The first-order valence-corrected chi connectivity index (χ1v) is 2.35. The summed E-state index contributed by atoms with van der Waals surface area (Å²) in [6.45, 7) is 0. The number of hydrogen-bond acceptors (Lipinski definition) is 1. The molecule has 0 atom stereocenters. The average Bonchev–Trinajstić information content (AvgIpc) is 0.722. The Hall–Kier alpha value is 2.76. The molecular formula is H3O4PPd4. The summed E-state index contributed by atoms with van der Waals surface area (Å²) < 4.78 is 8.88. The van der Waals surface area contributed by atoms with Crippen LogP contribution in [0.1, 0.15) is 0 Å². The summed E-state index contributed by atoms with van der Waals surface area (Å²) in [6.07, 6.45) is 0.